The first-order valence-corrected chi connectivity index (χ1v) is 25.9. The number of aliphatic hydroxyl groups is 5. The molecule has 13 rings (SSSR count). The van der Waals surface area contributed by atoms with Crippen LogP contribution in [0.1, 0.15) is 143 Å². The number of hydrogen-bond acceptors (Lipinski definition) is 11. The topological polar surface area (TPSA) is 164 Å². The molecule has 8 fully saturated rings. The van der Waals surface area contributed by atoms with E-state index < -0.39 is 58.5 Å². The van der Waals surface area contributed by atoms with E-state index in [0.717, 1.165) is 86.1 Å². The largest absolute Gasteiger partial charge is 0.392 e. The third-order valence-corrected chi connectivity index (χ3v) is 23.1. The smallest absolute Gasteiger partial charge is 0.174 e. The van der Waals surface area contributed by atoms with Crippen LogP contribution in [0, 0.1) is 74.9 Å². The molecule has 0 radical (unpaired) electrons. The summed E-state index contributed by atoms with van der Waals surface area (Å²) >= 11 is 0. The summed E-state index contributed by atoms with van der Waals surface area (Å²) in [7, 11) is 0. The second-order valence-corrected chi connectivity index (χ2v) is 26.4. The summed E-state index contributed by atoms with van der Waals surface area (Å²) in [6, 6.07) is 0. The molecule has 0 amide bonds. The average Bonchev–Trinajstić information content (AvgIpc) is 3.94. The molecule has 1 aromatic rings. The Bertz CT molecular complexity index is 2300. The molecule has 8 aliphatic carbocycles. The molecule has 0 aromatic carbocycles. The fraction of sp³-hybridized carbons (Fsp3) is 0.852. The summed E-state index contributed by atoms with van der Waals surface area (Å²) in [4.78, 5) is 11.2. The molecule has 1 aromatic heterocycles. The molecule has 4 aliphatic heterocycles. The van der Waals surface area contributed by atoms with Gasteiger partial charge in [0.1, 0.15) is 11.7 Å². The van der Waals surface area contributed by atoms with Gasteiger partial charge in [0, 0.05) is 47.3 Å². The summed E-state index contributed by atoms with van der Waals surface area (Å²) in [5.74, 6) is -0.453. The van der Waals surface area contributed by atoms with Gasteiger partial charge in [-0.05, 0) is 132 Å². The predicted octanol–water partition coefficient (Wildman–Crippen LogP) is 6.32. The number of fused-ring (bicyclic) bond motifs is 16. The fourth-order valence-electron chi connectivity index (χ4n) is 19.1. The van der Waals surface area contributed by atoms with Crippen LogP contribution in [0.3, 0.4) is 0 Å². The number of ether oxygens (including phenoxy) is 4. The van der Waals surface area contributed by atoms with Crippen molar-refractivity contribution in [3.63, 3.8) is 0 Å². The molecule has 0 bridgehead atoms. The molecule has 12 aliphatic rings. The quantitative estimate of drug-likeness (QED) is 0.185. The van der Waals surface area contributed by atoms with E-state index in [9.17, 15) is 25.5 Å². The van der Waals surface area contributed by atoms with Crippen molar-refractivity contribution in [1.29, 1.82) is 0 Å². The van der Waals surface area contributed by atoms with Gasteiger partial charge in [-0.25, -0.2) is 0 Å². The van der Waals surface area contributed by atoms with E-state index in [2.05, 4.69) is 47.6 Å². The molecular formula is C54H76N2O9. The summed E-state index contributed by atoms with van der Waals surface area (Å²) in [5, 5.41) is 60.8. The first-order chi connectivity index (χ1) is 30.4. The number of nitrogens with zero attached hydrogens (tertiary/aromatic N) is 2. The van der Waals surface area contributed by atoms with Gasteiger partial charge in [-0.2, -0.15) is 0 Å². The molecule has 11 nitrogen and oxygen atoms in total. The van der Waals surface area contributed by atoms with Gasteiger partial charge in [-0.3, -0.25) is 9.97 Å². The Kier molecular flexibility index (Phi) is 8.60. The minimum absolute atomic E-state index is 0.00491. The zero-order valence-corrected chi connectivity index (χ0v) is 40.4. The minimum Gasteiger partial charge on any atom is -0.392 e. The van der Waals surface area contributed by atoms with E-state index in [-0.39, 0.29) is 64.1 Å². The number of rotatable bonds is 0. The maximum atomic E-state index is 12.9. The van der Waals surface area contributed by atoms with Crippen molar-refractivity contribution in [2.24, 2.45) is 74.9 Å². The first-order valence-electron chi connectivity index (χ1n) is 25.9. The Hall–Kier alpha value is -1.80. The molecule has 5 heterocycles. The van der Waals surface area contributed by atoms with Crippen LogP contribution in [0.25, 0.3) is 0 Å². The average molecular weight is 897 g/mol. The highest BCUT2D eigenvalue weighted by atomic mass is 16.7. The molecule has 0 unspecified atom stereocenters. The molecule has 22 atom stereocenters. The highest BCUT2D eigenvalue weighted by Crippen LogP contribution is 2.72. The van der Waals surface area contributed by atoms with Crippen LogP contribution in [-0.4, -0.2) is 101 Å². The lowest BCUT2D eigenvalue weighted by Crippen LogP contribution is -2.66. The Morgan fingerprint density at radius 2 is 1.34 bits per heavy atom. The van der Waals surface area contributed by atoms with Crippen LogP contribution in [0.5, 0.6) is 0 Å². The van der Waals surface area contributed by atoms with Crippen molar-refractivity contribution in [2.45, 2.75) is 205 Å². The Morgan fingerprint density at radius 3 is 2.00 bits per heavy atom. The molecule has 2 spiro atoms. The van der Waals surface area contributed by atoms with Gasteiger partial charge in [0.2, 0.25) is 0 Å². The maximum absolute atomic E-state index is 12.9. The first kappa shape index (κ1) is 43.2. The van der Waals surface area contributed by atoms with E-state index in [4.69, 9.17) is 28.9 Å². The van der Waals surface area contributed by atoms with E-state index in [1.807, 2.05) is 19.9 Å². The van der Waals surface area contributed by atoms with Crippen LogP contribution in [0.2, 0.25) is 0 Å². The lowest BCUT2D eigenvalue weighted by molar-refractivity contribution is -0.289. The van der Waals surface area contributed by atoms with Gasteiger partial charge in [0.05, 0.1) is 65.0 Å². The predicted molar refractivity (Wildman–Crippen MR) is 240 cm³/mol. The van der Waals surface area contributed by atoms with Crippen LogP contribution in [0.15, 0.2) is 23.3 Å². The molecule has 5 N–H and O–H groups in total. The van der Waals surface area contributed by atoms with Gasteiger partial charge in [0.15, 0.2) is 11.6 Å². The van der Waals surface area contributed by atoms with Crippen molar-refractivity contribution in [3.05, 3.63) is 46.1 Å². The molecule has 11 heteroatoms. The van der Waals surface area contributed by atoms with Crippen molar-refractivity contribution >= 4 is 0 Å². The lowest BCUT2D eigenvalue weighted by Gasteiger charge is -2.62. The number of aromatic nitrogens is 2. The van der Waals surface area contributed by atoms with E-state index in [1.165, 1.54) is 5.57 Å². The SMILES string of the molecule is C[C@@H]1[C@@]2(CC[C@](C)(O)CO2)O[C@H]2C=C3[C@@H]4[C@@H](O)C[C@H]5Cc6nc7c(nc6C[C@]5(C)[C@H]4C[C@@H](O)[C@]3(C)[C@]21O)C[C@@H]1CC[C@H]2C3=C[C@@H]4O[C@]5(CCC(C)(C)O5)[C@@H](C)[C@@H]4[C@@]3(C)[C@H](O)C[C@@H]2[C@@]1(C)C7. The minimum atomic E-state index is -1.42. The maximum Gasteiger partial charge on any atom is 0.174 e. The molecule has 4 saturated heterocycles. The molecular weight excluding hydrogens is 821 g/mol. The van der Waals surface area contributed by atoms with Crippen molar-refractivity contribution < 1.29 is 44.5 Å². The zero-order chi connectivity index (χ0) is 45.6. The third kappa shape index (κ3) is 5.15. The summed E-state index contributed by atoms with van der Waals surface area (Å²) in [6.45, 7) is 19.8. The second-order valence-electron chi connectivity index (χ2n) is 26.4. The summed E-state index contributed by atoms with van der Waals surface area (Å²) in [5.41, 5.74) is 2.70. The molecule has 65 heavy (non-hydrogen) atoms. The Morgan fingerprint density at radius 1 is 0.677 bits per heavy atom. The van der Waals surface area contributed by atoms with E-state index >= 15 is 0 Å². The van der Waals surface area contributed by atoms with Crippen molar-refractivity contribution in [3.8, 4) is 0 Å². The summed E-state index contributed by atoms with van der Waals surface area (Å²) in [6.07, 6.45) is 12.2. The fourth-order valence-corrected chi connectivity index (χ4v) is 19.1. The van der Waals surface area contributed by atoms with Crippen LogP contribution in [0.4, 0.5) is 0 Å². The van der Waals surface area contributed by atoms with Gasteiger partial charge in [-0.15, -0.1) is 0 Å². The zero-order valence-electron chi connectivity index (χ0n) is 40.4. The van der Waals surface area contributed by atoms with E-state index in [0.29, 0.717) is 43.4 Å². The van der Waals surface area contributed by atoms with Crippen LogP contribution in [-0.2, 0) is 44.6 Å². The summed E-state index contributed by atoms with van der Waals surface area (Å²) < 4.78 is 26.7. The van der Waals surface area contributed by atoms with Gasteiger partial charge in [0.25, 0.3) is 0 Å². The molecule has 4 saturated carbocycles. The Labute approximate surface area is 385 Å². The van der Waals surface area contributed by atoms with Crippen LogP contribution >= 0.6 is 0 Å². The monoisotopic (exact) mass is 897 g/mol. The van der Waals surface area contributed by atoms with Gasteiger partial charge in [-0.1, -0.05) is 64.8 Å². The Balaban J connectivity index is 0.776. The lowest BCUT2D eigenvalue weighted by atomic mass is 9.44. The van der Waals surface area contributed by atoms with Crippen LogP contribution < -0.4 is 0 Å². The van der Waals surface area contributed by atoms with E-state index in [1.54, 1.807) is 6.92 Å². The number of aliphatic hydroxyl groups excluding tert-OH is 3. The van der Waals surface area contributed by atoms with Crippen molar-refractivity contribution in [2.75, 3.05) is 6.61 Å². The van der Waals surface area contributed by atoms with Gasteiger partial charge >= 0.3 is 0 Å². The second kappa shape index (κ2) is 12.9. The highest BCUT2D eigenvalue weighted by Gasteiger charge is 2.77. The normalized spacial score (nSPS) is 58.6. The standard InChI is InChI=1S/C54H76N2O9/c1-26-45-40(63-52(26)14-12-46(3,4)65-52)19-32-30-11-10-28-16-35-37(23-48(28,6)31(30)20-41(58)50(32,45)8)56-36-17-29-18-39(57)44-33(49(29,7)24-38(36)55-35)21-42(59)51(9)34(44)22-43-54(51,61)27(2)53(64-43)15-13-47(5,60)25-62-53/h19,22,26-31,33,39-45,57-61H,10-18,20-21,23-25H2,1-9H3/t26-,27+,28-,29+,30+,31-,33-,39-,40-,41+,42+,43-,44+,45-,47-,48-,49-,50+,51+,52-,53+,54+/m0/s1. The molecule has 356 valence electrons. The highest BCUT2D eigenvalue weighted by molar-refractivity contribution is 5.44. The third-order valence-electron chi connectivity index (χ3n) is 23.1. The number of hydrogen-bond donors (Lipinski definition) is 5. The van der Waals surface area contributed by atoms with Crippen molar-refractivity contribution in [1.82, 2.24) is 9.97 Å². The van der Waals surface area contributed by atoms with Gasteiger partial charge < -0.3 is 44.5 Å².